The summed E-state index contributed by atoms with van der Waals surface area (Å²) < 4.78 is 0. The number of nitro groups is 1. The lowest BCUT2D eigenvalue weighted by Crippen LogP contribution is -2.49. The molecule has 0 aliphatic heterocycles. The number of hydrogen-bond donors (Lipinski definition) is 5. The van der Waals surface area contributed by atoms with E-state index in [1.54, 1.807) is 0 Å². The first-order valence-electron chi connectivity index (χ1n) is 5.13. The van der Waals surface area contributed by atoms with Crippen molar-refractivity contribution in [2.24, 2.45) is 11.5 Å². The van der Waals surface area contributed by atoms with Crippen molar-refractivity contribution in [1.82, 2.24) is 5.01 Å². The summed E-state index contributed by atoms with van der Waals surface area (Å²) in [6, 6.07) is 0. The Morgan fingerprint density at radius 1 is 1.50 bits per heavy atom. The molecule has 0 amide bonds. The molecule has 10 nitrogen and oxygen atoms in total. The molecule has 0 radical (unpaired) electrons. The van der Waals surface area contributed by atoms with Gasteiger partial charge in [-0.05, 0) is 19.3 Å². The maximum atomic E-state index is 10.9. The number of guanidine groups is 1. The van der Waals surface area contributed by atoms with E-state index in [1.807, 2.05) is 0 Å². The molecule has 0 spiro atoms. The van der Waals surface area contributed by atoms with Crippen LogP contribution in [0.3, 0.4) is 0 Å². The van der Waals surface area contributed by atoms with Crippen LogP contribution in [0.1, 0.15) is 19.3 Å². The van der Waals surface area contributed by atoms with Gasteiger partial charge in [0.25, 0.3) is 5.96 Å². The SMILES string of the molecule is N=C(N)N(CCCC(N)(CCO)C(=O)O)[N+](=O)[O-]. The van der Waals surface area contributed by atoms with E-state index in [4.69, 9.17) is 27.1 Å². The minimum absolute atomic E-state index is 0.0589. The number of hydrazine groups is 1. The molecule has 0 aliphatic rings. The topological polar surface area (TPSA) is 180 Å². The number of hydrogen-bond acceptors (Lipinski definition) is 6. The summed E-state index contributed by atoms with van der Waals surface area (Å²) in [6.07, 6.45) is -0.162. The van der Waals surface area contributed by atoms with E-state index in [2.05, 4.69) is 0 Å². The Labute approximate surface area is 103 Å². The molecule has 104 valence electrons. The summed E-state index contributed by atoms with van der Waals surface area (Å²) in [5.74, 6) is -2.02. The second-order valence-electron chi connectivity index (χ2n) is 3.78. The molecule has 0 aliphatic carbocycles. The summed E-state index contributed by atoms with van der Waals surface area (Å²) in [5, 5.41) is 34.6. The van der Waals surface area contributed by atoms with E-state index in [0.29, 0.717) is 5.01 Å². The molecule has 0 rings (SSSR count). The number of aliphatic carboxylic acids is 1. The van der Waals surface area contributed by atoms with E-state index >= 15 is 0 Å². The van der Waals surface area contributed by atoms with Gasteiger partial charge in [0.1, 0.15) is 5.54 Å². The fraction of sp³-hybridized carbons (Fsp3) is 0.750. The molecule has 10 heteroatoms. The number of nitrogens with two attached hydrogens (primary N) is 2. The van der Waals surface area contributed by atoms with Gasteiger partial charge >= 0.3 is 5.97 Å². The maximum absolute atomic E-state index is 10.9. The monoisotopic (exact) mass is 263 g/mol. The molecule has 1 atom stereocenters. The van der Waals surface area contributed by atoms with Crippen molar-refractivity contribution < 1.29 is 20.0 Å². The summed E-state index contributed by atoms with van der Waals surface area (Å²) >= 11 is 0. The van der Waals surface area contributed by atoms with Gasteiger partial charge in [-0.15, -0.1) is 0 Å². The van der Waals surface area contributed by atoms with E-state index in [9.17, 15) is 14.9 Å². The van der Waals surface area contributed by atoms with Crippen molar-refractivity contribution in [1.29, 1.82) is 5.41 Å². The summed E-state index contributed by atoms with van der Waals surface area (Å²) in [6.45, 7) is -0.617. The molecular formula is C8H17N5O5. The number of nitrogens with one attached hydrogen (secondary N) is 1. The van der Waals surface area contributed by atoms with Crippen molar-refractivity contribution >= 4 is 11.9 Å². The van der Waals surface area contributed by atoms with Gasteiger partial charge in [-0.3, -0.25) is 10.2 Å². The Kier molecular flexibility index (Phi) is 5.99. The van der Waals surface area contributed by atoms with Crippen LogP contribution in [-0.4, -0.2) is 50.9 Å². The average Bonchev–Trinajstić information content (AvgIpc) is 2.23. The van der Waals surface area contributed by atoms with Gasteiger partial charge in [-0.2, -0.15) is 0 Å². The number of carboxylic acid groups (broad SMARTS) is 1. The normalized spacial score (nSPS) is 13.7. The Morgan fingerprint density at radius 3 is 2.39 bits per heavy atom. The molecule has 0 heterocycles. The fourth-order valence-corrected chi connectivity index (χ4v) is 1.37. The standard InChI is InChI=1S/C8H17N5O5/c9-7(10)12(13(17)18)4-1-2-8(11,3-5-14)6(15)16/h14H,1-5,11H2,(H3,9,10)(H,15,16). The van der Waals surface area contributed by atoms with E-state index in [-0.39, 0.29) is 25.8 Å². The highest BCUT2D eigenvalue weighted by Crippen LogP contribution is 2.15. The van der Waals surface area contributed by atoms with Crippen molar-refractivity contribution in [2.75, 3.05) is 13.2 Å². The lowest BCUT2D eigenvalue weighted by atomic mass is 9.91. The van der Waals surface area contributed by atoms with E-state index in [1.165, 1.54) is 0 Å². The van der Waals surface area contributed by atoms with Crippen LogP contribution in [0.15, 0.2) is 0 Å². The average molecular weight is 263 g/mol. The van der Waals surface area contributed by atoms with Gasteiger partial charge in [0, 0.05) is 6.61 Å². The van der Waals surface area contributed by atoms with Crippen LogP contribution >= 0.6 is 0 Å². The number of carbonyl (C=O) groups is 1. The second-order valence-corrected chi connectivity index (χ2v) is 3.78. The van der Waals surface area contributed by atoms with Gasteiger partial charge in [0.05, 0.1) is 6.54 Å². The first-order valence-corrected chi connectivity index (χ1v) is 5.13. The largest absolute Gasteiger partial charge is 0.480 e. The van der Waals surface area contributed by atoms with Crippen LogP contribution in [0.5, 0.6) is 0 Å². The van der Waals surface area contributed by atoms with E-state index < -0.39 is 29.1 Å². The Balaban J connectivity index is 4.42. The third-order valence-electron chi connectivity index (χ3n) is 2.45. The Morgan fingerprint density at radius 2 is 2.06 bits per heavy atom. The number of nitrogens with zero attached hydrogens (tertiary/aromatic N) is 2. The number of rotatable bonds is 8. The Hall–Kier alpha value is -1.94. The van der Waals surface area contributed by atoms with Crippen molar-refractivity contribution in [3.05, 3.63) is 10.1 Å². The third-order valence-corrected chi connectivity index (χ3v) is 2.45. The minimum Gasteiger partial charge on any atom is -0.480 e. The van der Waals surface area contributed by atoms with Crippen LogP contribution in [-0.2, 0) is 4.79 Å². The van der Waals surface area contributed by atoms with Gasteiger partial charge < -0.3 is 21.7 Å². The molecular weight excluding hydrogens is 246 g/mol. The maximum Gasteiger partial charge on any atom is 0.323 e. The molecule has 18 heavy (non-hydrogen) atoms. The smallest absolute Gasteiger partial charge is 0.323 e. The number of aliphatic hydroxyl groups excluding tert-OH is 1. The predicted molar refractivity (Wildman–Crippen MR) is 61.1 cm³/mol. The molecule has 7 N–H and O–H groups in total. The first kappa shape index (κ1) is 16.1. The van der Waals surface area contributed by atoms with Crippen LogP contribution in [0.2, 0.25) is 0 Å². The van der Waals surface area contributed by atoms with Gasteiger partial charge in [0.15, 0.2) is 5.03 Å². The minimum atomic E-state index is -1.63. The zero-order chi connectivity index (χ0) is 14.3. The lowest BCUT2D eigenvalue weighted by Gasteiger charge is -2.24. The highest BCUT2D eigenvalue weighted by atomic mass is 16.7. The van der Waals surface area contributed by atoms with Gasteiger partial charge in [-0.25, -0.2) is 10.1 Å². The number of aliphatic hydroxyl groups is 1. The van der Waals surface area contributed by atoms with Crippen LogP contribution < -0.4 is 11.5 Å². The number of carboxylic acids is 1. The van der Waals surface area contributed by atoms with Crippen molar-refractivity contribution in [3.8, 4) is 0 Å². The molecule has 0 aromatic heterocycles. The second kappa shape index (κ2) is 6.71. The zero-order valence-electron chi connectivity index (χ0n) is 9.70. The Bertz CT molecular complexity index is 322. The predicted octanol–water partition coefficient (Wildman–Crippen LogP) is -1.68. The summed E-state index contributed by atoms with van der Waals surface area (Å²) in [7, 11) is 0. The quantitative estimate of drug-likeness (QED) is 0.149. The third kappa shape index (κ3) is 4.51. The van der Waals surface area contributed by atoms with Gasteiger partial charge in [0.2, 0.25) is 0 Å². The molecule has 1 unspecified atom stereocenters. The zero-order valence-corrected chi connectivity index (χ0v) is 9.70. The van der Waals surface area contributed by atoms with Gasteiger partial charge in [-0.1, -0.05) is 5.01 Å². The van der Waals surface area contributed by atoms with Crippen LogP contribution in [0, 0.1) is 15.5 Å². The highest BCUT2D eigenvalue weighted by molar-refractivity contribution is 5.78. The molecule has 0 aromatic carbocycles. The molecule has 0 saturated heterocycles. The molecule has 0 fully saturated rings. The van der Waals surface area contributed by atoms with Crippen LogP contribution in [0.4, 0.5) is 0 Å². The first-order chi connectivity index (χ1) is 8.24. The fourth-order valence-electron chi connectivity index (χ4n) is 1.37. The summed E-state index contributed by atoms with van der Waals surface area (Å²) in [4.78, 5) is 21.4. The van der Waals surface area contributed by atoms with Crippen molar-refractivity contribution in [3.63, 3.8) is 0 Å². The molecule has 0 bridgehead atoms. The highest BCUT2D eigenvalue weighted by Gasteiger charge is 2.33. The molecule has 0 aromatic rings. The van der Waals surface area contributed by atoms with Crippen molar-refractivity contribution in [2.45, 2.75) is 24.8 Å². The summed E-state index contributed by atoms with van der Waals surface area (Å²) in [5.41, 5.74) is 8.91. The van der Waals surface area contributed by atoms with Crippen LogP contribution in [0.25, 0.3) is 0 Å². The molecule has 0 saturated carbocycles. The van der Waals surface area contributed by atoms with E-state index in [0.717, 1.165) is 0 Å². The lowest BCUT2D eigenvalue weighted by molar-refractivity contribution is -0.629.